The summed E-state index contributed by atoms with van der Waals surface area (Å²) >= 11 is 3.38. The van der Waals surface area contributed by atoms with Crippen molar-refractivity contribution in [1.82, 2.24) is 0 Å². The van der Waals surface area contributed by atoms with Gasteiger partial charge in [-0.25, -0.2) is 0 Å². The average Bonchev–Trinajstić information content (AvgIpc) is 2.85. The number of nitrogens with one attached hydrogen (secondary N) is 1. The molecule has 4 nitrogen and oxygen atoms in total. The molecular formula is C13H12BrNO3. The monoisotopic (exact) mass is 309 g/mol. The van der Waals surface area contributed by atoms with E-state index < -0.39 is 0 Å². The van der Waals surface area contributed by atoms with Crippen LogP contribution in [0.3, 0.4) is 0 Å². The van der Waals surface area contributed by atoms with E-state index in [4.69, 9.17) is 9.15 Å². The molecule has 0 bridgehead atoms. The fraction of sp³-hybridized carbons (Fsp3) is 0.154. The number of carbonyl (C=O) groups is 1. The molecule has 2 rings (SSSR count). The largest absolute Gasteiger partial charge is 0.495 e. The van der Waals surface area contributed by atoms with E-state index in [1.807, 2.05) is 13.0 Å². The zero-order valence-corrected chi connectivity index (χ0v) is 11.6. The summed E-state index contributed by atoms with van der Waals surface area (Å²) in [5.41, 5.74) is 1.54. The van der Waals surface area contributed by atoms with Gasteiger partial charge >= 0.3 is 0 Å². The Bertz CT molecular complexity index is 564. The number of rotatable bonds is 3. The van der Waals surface area contributed by atoms with Crippen molar-refractivity contribution in [3.63, 3.8) is 0 Å². The first kappa shape index (κ1) is 12.7. The van der Waals surface area contributed by atoms with Crippen molar-refractivity contribution >= 4 is 27.5 Å². The van der Waals surface area contributed by atoms with Crippen LogP contribution in [0.15, 0.2) is 39.4 Å². The second-order valence-corrected chi connectivity index (χ2v) is 4.65. The number of furan rings is 1. The minimum Gasteiger partial charge on any atom is -0.495 e. The van der Waals surface area contributed by atoms with E-state index in [0.29, 0.717) is 11.4 Å². The van der Waals surface area contributed by atoms with E-state index in [2.05, 4.69) is 21.2 Å². The molecule has 0 aliphatic heterocycles. The quantitative estimate of drug-likeness (QED) is 0.942. The Morgan fingerprint density at radius 3 is 2.83 bits per heavy atom. The predicted octanol–water partition coefficient (Wildman–Crippen LogP) is 3.61. The van der Waals surface area contributed by atoms with Crippen molar-refractivity contribution in [2.24, 2.45) is 0 Å². The normalized spacial score (nSPS) is 10.2. The second kappa shape index (κ2) is 5.27. The molecule has 0 fully saturated rings. The summed E-state index contributed by atoms with van der Waals surface area (Å²) < 4.78 is 11.2. The van der Waals surface area contributed by atoms with Gasteiger partial charge in [0.25, 0.3) is 5.91 Å². The number of aryl methyl sites for hydroxylation is 1. The van der Waals surface area contributed by atoms with Crippen molar-refractivity contribution in [3.05, 3.63) is 46.3 Å². The van der Waals surface area contributed by atoms with Crippen molar-refractivity contribution < 1.29 is 13.9 Å². The molecule has 0 radical (unpaired) electrons. The molecule has 94 valence electrons. The maximum absolute atomic E-state index is 11.9. The van der Waals surface area contributed by atoms with Crippen molar-refractivity contribution in [2.75, 3.05) is 12.4 Å². The van der Waals surface area contributed by atoms with Crippen LogP contribution < -0.4 is 10.1 Å². The van der Waals surface area contributed by atoms with Gasteiger partial charge in [-0.1, -0.05) is 15.9 Å². The number of halogens is 1. The second-order valence-electron chi connectivity index (χ2n) is 3.73. The van der Waals surface area contributed by atoms with Gasteiger partial charge in [-0.3, -0.25) is 4.79 Å². The highest BCUT2D eigenvalue weighted by atomic mass is 79.9. The number of carbonyl (C=O) groups excluding carboxylic acids is 1. The van der Waals surface area contributed by atoms with Gasteiger partial charge in [-0.2, -0.15) is 0 Å². The molecule has 1 aromatic carbocycles. The molecule has 0 saturated heterocycles. The van der Waals surface area contributed by atoms with E-state index >= 15 is 0 Å². The Morgan fingerprint density at radius 1 is 1.44 bits per heavy atom. The van der Waals surface area contributed by atoms with Gasteiger partial charge in [-0.05, 0) is 36.8 Å². The first-order chi connectivity index (χ1) is 8.61. The van der Waals surface area contributed by atoms with E-state index in [1.54, 1.807) is 25.3 Å². The Labute approximate surface area is 113 Å². The van der Waals surface area contributed by atoms with Gasteiger partial charge in [0.05, 0.1) is 19.1 Å². The van der Waals surface area contributed by atoms with Crippen LogP contribution in [-0.4, -0.2) is 13.0 Å². The summed E-state index contributed by atoms with van der Waals surface area (Å²) in [4.78, 5) is 11.9. The number of anilines is 1. The van der Waals surface area contributed by atoms with Crippen LogP contribution >= 0.6 is 15.9 Å². The minimum atomic E-state index is -0.302. The smallest absolute Gasteiger partial charge is 0.291 e. The lowest BCUT2D eigenvalue weighted by atomic mass is 10.2. The number of hydrogen-bond acceptors (Lipinski definition) is 3. The highest BCUT2D eigenvalue weighted by molar-refractivity contribution is 9.10. The number of benzene rings is 1. The molecule has 0 aliphatic rings. The van der Waals surface area contributed by atoms with Gasteiger partial charge in [0.1, 0.15) is 5.75 Å². The van der Waals surface area contributed by atoms with Gasteiger partial charge in [0.15, 0.2) is 5.76 Å². The standard InChI is InChI=1S/C13H12BrNO3/c1-8-6-9(14)7-11(17-2)12(8)15-13(16)10-4-3-5-18-10/h3-7H,1-2H3,(H,15,16). The summed E-state index contributed by atoms with van der Waals surface area (Å²) in [6, 6.07) is 6.97. The molecule has 0 spiro atoms. The van der Waals surface area contributed by atoms with Crippen molar-refractivity contribution in [1.29, 1.82) is 0 Å². The molecule has 1 heterocycles. The zero-order valence-electron chi connectivity index (χ0n) is 9.99. The SMILES string of the molecule is COc1cc(Br)cc(C)c1NC(=O)c1ccco1. The maximum atomic E-state index is 11.9. The molecule has 0 saturated carbocycles. The maximum Gasteiger partial charge on any atom is 0.291 e. The summed E-state index contributed by atoms with van der Waals surface area (Å²) in [6.07, 6.45) is 1.46. The predicted molar refractivity (Wildman–Crippen MR) is 72.1 cm³/mol. The van der Waals surface area contributed by atoms with Crippen LogP contribution in [0, 0.1) is 6.92 Å². The molecule has 1 N–H and O–H groups in total. The summed E-state index contributed by atoms with van der Waals surface area (Å²) in [5.74, 6) is 0.560. The van der Waals surface area contributed by atoms with Crippen molar-refractivity contribution in [3.8, 4) is 5.75 Å². The lowest BCUT2D eigenvalue weighted by molar-refractivity contribution is 0.0996. The fourth-order valence-corrected chi connectivity index (χ4v) is 2.17. The van der Waals surface area contributed by atoms with E-state index in [9.17, 15) is 4.79 Å². The molecule has 0 atom stereocenters. The summed E-state index contributed by atoms with van der Waals surface area (Å²) in [7, 11) is 1.56. The Kier molecular flexibility index (Phi) is 3.72. The van der Waals surface area contributed by atoms with Crippen LogP contribution in [-0.2, 0) is 0 Å². The van der Waals surface area contributed by atoms with E-state index in [-0.39, 0.29) is 11.7 Å². The van der Waals surface area contributed by atoms with Gasteiger partial charge in [0, 0.05) is 4.47 Å². The number of hydrogen-bond donors (Lipinski definition) is 1. The summed E-state index contributed by atoms with van der Waals surface area (Å²) in [6.45, 7) is 1.89. The topological polar surface area (TPSA) is 51.5 Å². The average molecular weight is 310 g/mol. The van der Waals surface area contributed by atoms with Crippen LogP contribution in [0.4, 0.5) is 5.69 Å². The van der Waals surface area contributed by atoms with Crippen LogP contribution in [0.1, 0.15) is 16.1 Å². The molecule has 1 amide bonds. The third-order valence-corrected chi connectivity index (χ3v) is 2.93. The number of ether oxygens (including phenoxy) is 1. The Hall–Kier alpha value is -1.75. The van der Waals surface area contributed by atoms with Gasteiger partial charge in [-0.15, -0.1) is 0 Å². The number of methoxy groups -OCH3 is 1. The van der Waals surface area contributed by atoms with Gasteiger partial charge in [0.2, 0.25) is 0 Å². The van der Waals surface area contributed by atoms with Gasteiger partial charge < -0.3 is 14.5 Å². The molecule has 5 heteroatoms. The van der Waals surface area contributed by atoms with E-state index in [1.165, 1.54) is 6.26 Å². The fourth-order valence-electron chi connectivity index (χ4n) is 1.62. The van der Waals surface area contributed by atoms with E-state index in [0.717, 1.165) is 10.0 Å². The molecule has 0 unspecified atom stereocenters. The van der Waals surface area contributed by atoms with Crippen molar-refractivity contribution in [2.45, 2.75) is 6.92 Å². The molecule has 1 aromatic heterocycles. The van der Waals surface area contributed by atoms with Crippen LogP contribution in [0.2, 0.25) is 0 Å². The lowest BCUT2D eigenvalue weighted by Gasteiger charge is -2.12. The Morgan fingerprint density at radius 2 is 2.22 bits per heavy atom. The number of amides is 1. The third-order valence-electron chi connectivity index (χ3n) is 2.47. The van der Waals surface area contributed by atoms with Crippen LogP contribution in [0.25, 0.3) is 0 Å². The molecule has 2 aromatic rings. The zero-order chi connectivity index (χ0) is 13.1. The lowest BCUT2D eigenvalue weighted by Crippen LogP contribution is -2.12. The minimum absolute atomic E-state index is 0.263. The molecular weight excluding hydrogens is 298 g/mol. The first-order valence-corrected chi connectivity index (χ1v) is 6.10. The molecule has 18 heavy (non-hydrogen) atoms. The van der Waals surface area contributed by atoms with Crippen LogP contribution in [0.5, 0.6) is 5.75 Å². The highest BCUT2D eigenvalue weighted by Gasteiger charge is 2.14. The third kappa shape index (κ3) is 2.56. The first-order valence-electron chi connectivity index (χ1n) is 5.31. The Balaban J connectivity index is 2.31. The summed E-state index contributed by atoms with van der Waals surface area (Å²) in [5, 5.41) is 2.78. The highest BCUT2D eigenvalue weighted by Crippen LogP contribution is 2.32. The molecule has 0 aliphatic carbocycles.